The summed E-state index contributed by atoms with van der Waals surface area (Å²) < 4.78 is 32.5. The SMILES string of the molecule is CN(c1ccc(OCC(=O)NC23CC4CC(CC(C4)C2)C3)cc1)S(=O)(=O)c1cccs1. The molecule has 4 aliphatic carbocycles. The minimum Gasteiger partial charge on any atom is -0.484 e. The number of rotatable bonds is 7. The standard InChI is InChI=1S/C23H28N2O4S2/c1-25(31(27,28)22-3-2-8-30-22)19-4-6-20(7-5-19)29-15-21(26)24-23-12-16-9-17(13-23)11-18(10-16)14-23/h2-8,16-18H,9-15H2,1H3,(H,24,26). The molecule has 0 saturated heterocycles. The lowest BCUT2D eigenvalue weighted by atomic mass is 9.53. The summed E-state index contributed by atoms with van der Waals surface area (Å²) in [5.74, 6) is 2.82. The van der Waals surface area contributed by atoms with Crippen molar-refractivity contribution in [2.24, 2.45) is 17.8 Å². The second-order valence-electron chi connectivity index (χ2n) is 9.43. The predicted molar refractivity (Wildman–Crippen MR) is 121 cm³/mol. The molecule has 4 fully saturated rings. The maximum Gasteiger partial charge on any atom is 0.273 e. The van der Waals surface area contributed by atoms with Crippen LogP contribution < -0.4 is 14.4 Å². The van der Waals surface area contributed by atoms with Crippen LogP contribution in [0.3, 0.4) is 0 Å². The zero-order chi connectivity index (χ0) is 21.6. The van der Waals surface area contributed by atoms with Gasteiger partial charge in [0.2, 0.25) is 0 Å². The van der Waals surface area contributed by atoms with E-state index in [1.165, 1.54) is 42.0 Å². The van der Waals surface area contributed by atoms with Gasteiger partial charge in [-0.1, -0.05) is 6.07 Å². The second-order valence-corrected chi connectivity index (χ2v) is 12.6. The number of carbonyl (C=O) groups is 1. The highest BCUT2D eigenvalue weighted by molar-refractivity contribution is 7.94. The fourth-order valence-corrected chi connectivity index (χ4v) is 8.54. The van der Waals surface area contributed by atoms with Crippen LogP contribution in [0.1, 0.15) is 38.5 Å². The fourth-order valence-electron chi connectivity index (χ4n) is 6.18. The topological polar surface area (TPSA) is 75.7 Å². The summed E-state index contributed by atoms with van der Waals surface area (Å²) in [5.41, 5.74) is 0.525. The summed E-state index contributed by atoms with van der Waals surface area (Å²) in [6.45, 7) is -0.0234. The van der Waals surface area contributed by atoms with Gasteiger partial charge in [-0.05, 0) is 92.0 Å². The zero-order valence-corrected chi connectivity index (χ0v) is 19.3. The quantitative estimate of drug-likeness (QED) is 0.677. The van der Waals surface area contributed by atoms with Crippen molar-refractivity contribution in [3.63, 3.8) is 0 Å². The van der Waals surface area contributed by atoms with Gasteiger partial charge in [-0.25, -0.2) is 8.42 Å². The first-order valence-electron chi connectivity index (χ1n) is 10.9. The van der Waals surface area contributed by atoms with Gasteiger partial charge in [0.25, 0.3) is 15.9 Å². The van der Waals surface area contributed by atoms with Crippen molar-refractivity contribution in [2.45, 2.75) is 48.3 Å². The molecule has 1 aromatic heterocycles. The highest BCUT2D eigenvalue weighted by Crippen LogP contribution is 2.55. The highest BCUT2D eigenvalue weighted by atomic mass is 32.2. The summed E-state index contributed by atoms with van der Waals surface area (Å²) >= 11 is 1.19. The van der Waals surface area contributed by atoms with Gasteiger partial charge in [-0.2, -0.15) is 0 Å². The normalized spacial score (nSPS) is 29.0. The molecule has 1 heterocycles. The third-order valence-electron chi connectivity index (χ3n) is 7.12. The van der Waals surface area contributed by atoms with E-state index in [0.29, 0.717) is 15.6 Å². The lowest BCUT2D eigenvalue weighted by Crippen LogP contribution is -2.60. The predicted octanol–water partition coefficient (Wildman–Crippen LogP) is 4.04. The number of ether oxygens (including phenoxy) is 1. The Balaban J connectivity index is 1.18. The Morgan fingerprint density at radius 1 is 1.10 bits per heavy atom. The summed E-state index contributed by atoms with van der Waals surface area (Å²) in [7, 11) is -2.04. The van der Waals surface area contributed by atoms with E-state index in [-0.39, 0.29) is 18.1 Å². The molecule has 6 nitrogen and oxygen atoms in total. The number of carbonyl (C=O) groups excluding carboxylic acids is 1. The van der Waals surface area contributed by atoms with Gasteiger partial charge in [0.05, 0.1) is 5.69 Å². The van der Waals surface area contributed by atoms with Gasteiger partial charge in [0.1, 0.15) is 9.96 Å². The Hall–Kier alpha value is -2.06. The lowest BCUT2D eigenvalue weighted by molar-refractivity contribution is -0.128. The van der Waals surface area contributed by atoms with Crippen molar-refractivity contribution in [2.75, 3.05) is 18.0 Å². The molecule has 2 aromatic rings. The molecule has 0 radical (unpaired) electrons. The van der Waals surface area contributed by atoms with E-state index in [9.17, 15) is 13.2 Å². The summed E-state index contributed by atoms with van der Waals surface area (Å²) in [6, 6.07) is 10.1. The van der Waals surface area contributed by atoms with Gasteiger partial charge in [0.15, 0.2) is 6.61 Å². The smallest absolute Gasteiger partial charge is 0.273 e. The van der Waals surface area contributed by atoms with Crippen molar-refractivity contribution < 1.29 is 17.9 Å². The number of sulfonamides is 1. The number of anilines is 1. The molecular formula is C23H28N2O4S2. The molecule has 6 rings (SSSR count). The average molecular weight is 461 g/mol. The van der Waals surface area contributed by atoms with Gasteiger partial charge in [0, 0.05) is 12.6 Å². The van der Waals surface area contributed by atoms with E-state index >= 15 is 0 Å². The molecule has 8 heteroatoms. The van der Waals surface area contributed by atoms with Crippen LogP contribution in [-0.4, -0.2) is 33.5 Å². The zero-order valence-electron chi connectivity index (χ0n) is 17.6. The molecule has 0 aliphatic heterocycles. The van der Waals surface area contributed by atoms with Crippen molar-refractivity contribution in [3.05, 3.63) is 41.8 Å². The van der Waals surface area contributed by atoms with E-state index in [2.05, 4.69) is 5.32 Å². The van der Waals surface area contributed by atoms with Crippen molar-refractivity contribution in [1.29, 1.82) is 0 Å². The molecule has 4 bridgehead atoms. The van der Waals surface area contributed by atoms with Crippen molar-refractivity contribution in [3.8, 4) is 5.75 Å². The van der Waals surface area contributed by atoms with Crippen molar-refractivity contribution in [1.82, 2.24) is 5.32 Å². The van der Waals surface area contributed by atoms with Crippen LogP contribution in [0, 0.1) is 17.8 Å². The number of nitrogens with zero attached hydrogens (tertiary/aromatic N) is 1. The Morgan fingerprint density at radius 2 is 1.71 bits per heavy atom. The van der Waals surface area contributed by atoms with Crippen LogP contribution in [0.25, 0.3) is 0 Å². The minimum absolute atomic E-state index is 0.0160. The van der Waals surface area contributed by atoms with Crippen LogP contribution in [-0.2, 0) is 14.8 Å². The van der Waals surface area contributed by atoms with E-state index in [1.54, 1.807) is 41.8 Å². The fraction of sp³-hybridized carbons (Fsp3) is 0.522. The third-order valence-corrected chi connectivity index (χ3v) is 10.3. The van der Waals surface area contributed by atoms with Crippen LogP contribution >= 0.6 is 11.3 Å². The number of nitrogens with one attached hydrogen (secondary N) is 1. The highest BCUT2D eigenvalue weighted by Gasteiger charge is 2.51. The molecular weight excluding hydrogens is 432 g/mol. The maximum absolute atomic E-state index is 12.6. The molecule has 4 saturated carbocycles. The first-order valence-corrected chi connectivity index (χ1v) is 13.2. The Labute approximate surface area is 187 Å². The van der Waals surface area contributed by atoms with E-state index in [0.717, 1.165) is 37.0 Å². The van der Waals surface area contributed by atoms with Crippen molar-refractivity contribution >= 4 is 33.0 Å². The second kappa shape index (κ2) is 7.81. The number of benzene rings is 1. The summed E-state index contributed by atoms with van der Waals surface area (Å²) in [5, 5.41) is 5.05. The molecule has 1 aromatic carbocycles. The molecule has 4 aliphatic rings. The molecule has 166 valence electrons. The third kappa shape index (κ3) is 4.07. The average Bonchev–Trinajstić information content (AvgIpc) is 3.26. The Kier molecular flexibility index (Phi) is 5.25. The Morgan fingerprint density at radius 3 is 2.26 bits per heavy atom. The number of amides is 1. The Bertz CT molecular complexity index is 1010. The monoisotopic (exact) mass is 460 g/mol. The van der Waals surface area contributed by atoms with Gasteiger partial charge < -0.3 is 10.1 Å². The van der Waals surface area contributed by atoms with Crippen LogP contribution in [0.5, 0.6) is 5.75 Å². The molecule has 1 amide bonds. The number of thiophene rings is 1. The van der Waals surface area contributed by atoms with E-state index in [4.69, 9.17) is 4.74 Å². The van der Waals surface area contributed by atoms with Crippen LogP contribution in [0.15, 0.2) is 46.0 Å². The maximum atomic E-state index is 12.6. The molecule has 0 spiro atoms. The van der Waals surface area contributed by atoms with Gasteiger partial charge in [-0.15, -0.1) is 11.3 Å². The molecule has 0 atom stereocenters. The van der Waals surface area contributed by atoms with Gasteiger partial charge >= 0.3 is 0 Å². The van der Waals surface area contributed by atoms with E-state index < -0.39 is 10.0 Å². The minimum atomic E-state index is -3.57. The molecule has 1 N–H and O–H groups in total. The molecule has 0 unspecified atom stereocenters. The number of hydrogen-bond acceptors (Lipinski definition) is 5. The summed E-state index contributed by atoms with van der Waals surface area (Å²) in [4.78, 5) is 12.6. The van der Waals surface area contributed by atoms with Crippen LogP contribution in [0.2, 0.25) is 0 Å². The molecule has 31 heavy (non-hydrogen) atoms. The van der Waals surface area contributed by atoms with E-state index in [1.807, 2.05) is 0 Å². The van der Waals surface area contributed by atoms with Gasteiger partial charge in [-0.3, -0.25) is 9.10 Å². The number of hydrogen-bond donors (Lipinski definition) is 1. The lowest BCUT2D eigenvalue weighted by Gasteiger charge is -2.56. The first kappa shape index (κ1) is 20.8. The largest absolute Gasteiger partial charge is 0.484 e. The van der Waals surface area contributed by atoms with Crippen LogP contribution in [0.4, 0.5) is 5.69 Å². The summed E-state index contributed by atoms with van der Waals surface area (Å²) in [6.07, 6.45) is 7.37. The first-order chi connectivity index (χ1) is 14.8.